The fourth-order valence-electron chi connectivity index (χ4n) is 12.3. The summed E-state index contributed by atoms with van der Waals surface area (Å²) in [4.78, 5) is 2.48. The molecule has 1 spiro atoms. The number of nitrogens with zero attached hydrogens (tertiary/aromatic N) is 1. The van der Waals surface area contributed by atoms with E-state index >= 15 is 0 Å². The molecule has 0 N–H and O–H groups in total. The highest BCUT2D eigenvalue weighted by Crippen LogP contribution is 2.59. The van der Waals surface area contributed by atoms with Gasteiger partial charge < -0.3 is 4.90 Å². The fraction of sp³-hybridized carbons (Fsp3) is 0.0909. The first-order valence-electron chi connectivity index (χ1n) is 23.8. The zero-order chi connectivity index (χ0) is 44.7. The van der Waals surface area contributed by atoms with Crippen molar-refractivity contribution in [3.8, 4) is 66.8 Å². The van der Waals surface area contributed by atoms with Crippen LogP contribution in [0.3, 0.4) is 0 Å². The van der Waals surface area contributed by atoms with E-state index < -0.39 is 0 Å². The van der Waals surface area contributed by atoms with Gasteiger partial charge in [-0.25, -0.2) is 0 Å². The Morgan fingerprint density at radius 1 is 0.313 bits per heavy atom. The molecule has 0 aromatic heterocycles. The highest BCUT2D eigenvalue weighted by Gasteiger charge is 2.48. The molecule has 0 bridgehead atoms. The lowest BCUT2D eigenvalue weighted by molar-refractivity contribution is 0.626. The Hall–Kier alpha value is -8.00. The predicted molar refractivity (Wildman–Crippen MR) is 281 cm³/mol. The number of anilines is 3. The Labute approximate surface area is 394 Å². The smallest absolute Gasteiger partial charge is 0.0470 e. The van der Waals surface area contributed by atoms with Crippen molar-refractivity contribution < 1.29 is 0 Å². The van der Waals surface area contributed by atoms with Crippen LogP contribution >= 0.6 is 0 Å². The van der Waals surface area contributed by atoms with Gasteiger partial charge in [0.2, 0.25) is 0 Å². The number of fused-ring (bicyclic) bond motifs is 10. The lowest BCUT2D eigenvalue weighted by Gasteiger charge is -2.31. The number of aryl methyl sites for hydroxylation is 1. The van der Waals surface area contributed by atoms with Gasteiger partial charge in [-0.15, -0.1) is 0 Å². The minimum Gasteiger partial charge on any atom is -0.310 e. The number of rotatable bonds is 7. The largest absolute Gasteiger partial charge is 0.310 e. The van der Waals surface area contributed by atoms with Crippen molar-refractivity contribution in [2.45, 2.75) is 37.5 Å². The van der Waals surface area contributed by atoms with Crippen molar-refractivity contribution in [3.63, 3.8) is 0 Å². The second-order valence-corrected chi connectivity index (χ2v) is 19.2. The van der Waals surface area contributed by atoms with Crippen molar-refractivity contribution in [1.82, 2.24) is 0 Å². The van der Waals surface area contributed by atoms with Crippen LogP contribution in [0.1, 0.15) is 53.6 Å². The van der Waals surface area contributed by atoms with Gasteiger partial charge in [0.25, 0.3) is 0 Å². The fourth-order valence-corrected chi connectivity index (χ4v) is 12.3. The van der Waals surface area contributed by atoms with Gasteiger partial charge in [0.1, 0.15) is 0 Å². The third-order valence-electron chi connectivity index (χ3n) is 15.3. The lowest BCUT2D eigenvalue weighted by Crippen LogP contribution is -2.24. The summed E-state index contributed by atoms with van der Waals surface area (Å²) in [5, 5.41) is 0. The van der Waals surface area contributed by atoms with E-state index in [0.717, 1.165) is 29.9 Å². The van der Waals surface area contributed by atoms with Gasteiger partial charge in [-0.05, 0) is 149 Å². The second-order valence-electron chi connectivity index (χ2n) is 19.2. The van der Waals surface area contributed by atoms with E-state index in [9.17, 15) is 0 Å². The summed E-state index contributed by atoms with van der Waals surface area (Å²) in [5.74, 6) is 0. The third-order valence-corrected chi connectivity index (χ3v) is 15.3. The van der Waals surface area contributed by atoms with Crippen LogP contribution in [0.5, 0.6) is 0 Å². The van der Waals surface area contributed by atoms with Crippen molar-refractivity contribution in [1.29, 1.82) is 0 Å². The molecule has 0 saturated heterocycles. The molecule has 3 aliphatic carbocycles. The van der Waals surface area contributed by atoms with E-state index in [1.54, 1.807) is 0 Å². The van der Waals surface area contributed by atoms with E-state index in [0.29, 0.717) is 0 Å². The molecular formula is C66H49N. The molecule has 1 atom stereocenters. The van der Waals surface area contributed by atoms with E-state index in [2.05, 4.69) is 255 Å². The summed E-state index contributed by atoms with van der Waals surface area (Å²) < 4.78 is 0. The summed E-state index contributed by atoms with van der Waals surface area (Å²) in [6.45, 7) is 4.77. The van der Waals surface area contributed by atoms with Crippen molar-refractivity contribution in [3.05, 3.63) is 270 Å². The highest BCUT2D eigenvalue weighted by atomic mass is 15.1. The molecule has 10 aromatic carbocycles. The van der Waals surface area contributed by atoms with E-state index in [4.69, 9.17) is 0 Å². The molecule has 318 valence electrons. The molecule has 1 nitrogen and oxygen atoms in total. The average molecular weight is 856 g/mol. The zero-order valence-electron chi connectivity index (χ0n) is 37.9. The Bertz CT molecular complexity index is 3540. The molecule has 13 rings (SSSR count). The number of hydrogen-bond acceptors (Lipinski definition) is 1. The maximum Gasteiger partial charge on any atom is 0.0470 e. The van der Waals surface area contributed by atoms with Crippen LogP contribution in [0.2, 0.25) is 0 Å². The van der Waals surface area contributed by atoms with Crippen LogP contribution < -0.4 is 4.90 Å². The summed E-state index contributed by atoms with van der Waals surface area (Å²) in [7, 11) is 0. The topological polar surface area (TPSA) is 3.24 Å². The SMILES string of the molecule is CC1(C)c2ccccc2-c2cccc(-c3cccc(N(c4ccc(-c5ccc(-c6ccccc6-c6ccccc6)cc5)cc4)c4ccc5c(c4)C4(CCc6ccccc64)c4ccccc4-5)c3)c21. The Kier molecular flexibility index (Phi) is 8.99. The minimum atomic E-state index is -0.186. The zero-order valence-corrected chi connectivity index (χ0v) is 37.9. The molecule has 0 amide bonds. The first-order valence-corrected chi connectivity index (χ1v) is 23.8. The summed E-state index contributed by atoms with van der Waals surface area (Å²) in [5.41, 5.74) is 26.8. The molecule has 0 heterocycles. The summed E-state index contributed by atoms with van der Waals surface area (Å²) >= 11 is 0. The second kappa shape index (κ2) is 15.3. The average Bonchev–Trinajstić information content (AvgIpc) is 4.00. The van der Waals surface area contributed by atoms with Crippen LogP contribution in [0.4, 0.5) is 17.1 Å². The van der Waals surface area contributed by atoms with Crippen LogP contribution in [0, 0.1) is 0 Å². The predicted octanol–water partition coefficient (Wildman–Crippen LogP) is 17.4. The Morgan fingerprint density at radius 2 is 0.806 bits per heavy atom. The molecule has 0 saturated carbocycles. The summed E-state index contributed by atoms with van der Waals surface area (Å²) in [6, 6.07) is 88.3. The quantitative estimate of drug-likeness (QED) is 0.154. The van der Waals surface area contributed by atoms with Gasteiger partial charge in [0.15, 0.2) is 0 Å². The Balaban J connectivity index is 0.933. The molecule has 67 heavy (non-hydrogen) atoms. The van der Waals surface area contributed by atoms with Crippen LogP contribution in [-0.2, 0) is 17.3 Å². The van der Waals surface area contributed by atoms with Gasteiger partial charge in [-0.1, -0.05) is 214 Å². The van der Waals surface area contributed by atoms with Gasteiger partial charge in [-0.2, -0.15) is 0 Å². The van der Waals surface area contributed by atoms with Crippen molar-refractivity contribution in [2.75, 3.05) is 4.90 Å². The first-order chi connectivity index (χ1) is 33.0. The lowest BCUT2D eigenvalue weighted by atomic mass is 9.73. The standard InChI is InChI=1S/C66H49N/c1-65(2)61-28-12-9-24-57(61)59-26-15-25-55(64(59)65)49-19-14-20-51(42-49)67(52-38-39-58-56-23-10-13-29-62(56)66(63(58)43-52)41-40-48-18-6-11-27-60(48)66)50-36-34-45(35-37-50)44-30-32-47(33-31-44)54-22-8-7-21-53(54)46-16-4-3-5-17-46/h3-39,42-43H,40-41H2,1-2H3. The highest BCUT2D eigenvalue weighted by molar-refractivity contribution is 5.92. The Morgan fingerprint density at radius 3 is 1.55 bits per heavy atom. The van der Waals surface area contributed by atoms with Crippen LogP contribution in [-0.4, -0.2) is 0 Å². The molecule has 10 aromatic rings. The van der Waals surface area contributed by atoms with Gasteiger partial charge in [0.05, 0.1) is 0 Å². The van der Waals surface area contributed by atoms with Crippen molar-refractivity contribution >= 4 is 17.1 Å². The third kappa shape index (κ3) is 6.08. The molecule has 0 fully saturated rings. The number of hydrogen-bond donors (Lipinski definition) is 0. The first kappa shape index (κ1) is 39.4. The van der Waals surface area contributed by atoms with E-state index in [1.165, 1.54) is 100 Å². The molecule has 0 radical (unpaired) electrons. The normalized spacial score (nSPS) is 15.7. The van der Waals surface area contributed by atoms with Gasteiger partial charge in [-0.3, -0.25) is 0 Å². The maximum absolute atomic E-state index is 2.52. The molecule has 3 aliphatic rings. The minimum absolute atomic E-state index is 0.127. The van der Waals surface area contributed by atoms with Crippen LogP contribution in [0.25, 0.3) is 66.8 Å². The summed E-state index contributed by atoms with van der Waals surface area (Å²) in [6.07, 6.45) is 2.14. The molecule has 1 unspecified atom stereocenters. The van der Waals surface area contributed by atoms with Crippen LogP contribution in [0.15, 0.2) is 237 Å². The van der Waals surface area contributed by atoms with Gasteiger partial charge in [0, 0.05) is 27.9 Å². The molecule has 1 heteroatoms. The maximum atomic E-state index is 2.52. The monoisotopic (exact) mass is 855 g/mol. The van der Waals surface area contributed by atoms with Gasteiger partial charge >= 0.3 is 0 Å². The molecule has 0 aliphatic heterocycles. The number of benzene rings is 10. The van der Waals surface area contributed by atoms with E-state index in [1.807, 2.05) is 0 Å². The molecular weight excluding hydrogens is 807 g/mol. The van der Waals surface area contributed by atoms with Crippen molar-refractivity contribution in [2.24, 2.45) is 0 Å². The van der Waals surface area contributed by atoms with E-state index in [-0.39, 0.29) is 10.8 Å².